The molecule has 0 unspecified atom stereocenters. The van der Waals surface area contributed by atoms with E-state index in [1.165, 1.54) is 11.8 Å². The molecule has 1 saturated heterocycles. The molecule has 28 heavy (non-hydrogen) atoms. The van der Waals surface area contributed by atoms with Crippen molar-refractivity contribution in [2.75, 3.05) is 44.5 Å². The molecule has 0 aliphatic carbocycles. The van der Waals surface area contributed by atoms with Gasteiger partial charge in [-0.2, -0.15) is 0 Å². The van der Waals surface area contributed by atoms with E-state index in [1.54, 1.807) is 7.11 Å². The molecule has 6 nitrogen and oxygen atoms in total. The Balaban J connectivity index is 1.68. The van der Waals surface area contributed by atoms with Gasteiger partial charge < -0.3 is 19.7 Å². The minimum Gasteiger partial charge on any atom is -0.495 e. The van der Waals surface area contributed by atoms with E-state index in [-0.39, 0.29) is 11.7 Å². The lowest BCUT2D eigenvalue weighted by atomic mass is 10.2. The van der Waals surface area contributed by atoms with E-state index in [9.17, 15) is 4.79 Å². The number of nitrogens with one attached hydrogen (secondary N) is 1. The van der Waals surface area contributed by atoms with Gasteiger partial charge in [0.05, 0.1) is 37.5 Å². The molecule has 1 aliphatic rings. The van der Waals surface area contributed by atoms with Crippen molar-refractivity contribution in [1.29, 1.82) is 0 Å². The fourth-order valence-corrected chi connectivity index (χ4v) is 3.67. The van der Waals surface area contributed by atoms with Crippen molar-refractivity contribution in [3.05, 3.63) is 54.1 Å². The number of anilines is 1. The summed E-state index contributed by atoms with van der Waals surface area (Å²) in [6.45, 7) is 4.85. The molecule has 1 heterocycles. The summed E-state index contributed by atoms with van der Waals surface area (Å²) in [5.74, 6) is 0.818. The van der Waals surface area contributed by atoms with Crippen LogP contribution in [0.5, 0.6) is 5.75 Å². The quantitative estimate of drug-likeness (QED) is 0.614. The first-order chi connectivity index (χ1) is 13.7. The highest BCUT2D eigenvalue weighted by Gasteiger charge is 2.18. The summed E-state index contributed by atoms with van der Waals surface area (Å²) in [5, 5.41) is 3.78. The fourth-order valence-electron chi connectivity index (χ4n) is 2.80. The minimum atomic E-state index is -0.0945. The van der Waals surface area contributed by atoms with Gasteiger partial charge in [0, 0.05) is 13.1 Å². The van der Waals surface area contributed by atoms with Gasteiger partial charge in [-0.3, -0.25) is 4.79 Å². The average Bonchev–Trinajstić information content (AvgIpc) is 2.72. The van der Waals surface area contributed by atoms with E-state index >= 15 is 0 Å². The SMILES string of the molecule is COc1ccc(C)cc1NC(=O)CSC(=Nc1ccccc1)N1CCOCC1. The number of thioether (sulfide) groups is 1. The fraction of sp³-hybridized carbons (Fsp3) is 0.333. The second-order valence-electron chi connectivity index (χ2n) is 6.37. The lowest BCUT2D eigenvalue weighted by Gasteiger charge is -2.29. The number of para-hydroxylation sites is 1. The van der Waals surface area contributed by atoms with Crippen molar-refractivity contribution in [2.24, 2.45) is 4.99 Å². The Morgan fingerprint density at radius 1 is 1.21 bits per heavy atom. The number of morpholine rings is 1. The molecule has 0 bridgehead atoms. The third-order valence-corrected chi connectivity index (χ3v) is 5.24. The van der Waals surface area contributed by atoms with Gasteiger partial charge in [-0.1, -0.05) is 36.0 Å². The van der Waals surface area contributed by atoms with E-state index in [0.717, 1.165) is 29.5 Å². The smallest absolute Gasteiger partial charge is 0.234 e. The number of hydrogen-bond acceptors (Lipinski definition) is 5. The molecule has 2 aromatic rings. The van der Waals surface area contributed by atoms with Crippen molar-refractivity contribution in [3.63, 3.8) is 0 Å². The van der Waals surface area contributed by atoms with Gasteiger partial charge in [-0.05, 0) is 36.8 Å². The van der Waals surface area contributed by atoms with Crippen LogP contribution in [0.15, 0.2) is 53.5 Å². The lowest BCUT2D eigenvalue weighted by Crippen LogP contribution is -2.39. The normalized spacial score (nSPS) is 14.6. The van der Waals surface area contributed by atoms with Crippen molar-refractivity contribution in [3.8, 4) is 5.75 Å². The van der Waals surface area contributed by atoms with Crippen LogP contribution in [0.2, 0.25) is 0 Å². The van der Waals surface area contributed by atoms with E-state index in [0.29, 0.717) is 24.7 Å². The van der Waals surface area contributed by atoms with E-state index < -0.39 is 0 Å². The predicted molar refractivity (Wildman–Crippen MR) is 115 cm³/mol. The number of carbonyl (C=O) groups excluding carboxylic acids is 1. The third kappa shape index (κ3) is 5.74. The van der Waals surface area contributed by atoms with Gasteiger partial charge in [0.1, 0.15) is 5.75 Å². The van der Waals surface area contributed by atoms with Crippen LogP contribution < -0.4 is 10.1 Å². The summed E-state index contributed by atoms with van der Waals surface area (Å²) in [6.07, 6.45) is 0. The Morgan fingerprint density at radius 3 is 2.68 bits per heavy atom. The number of methoxy groups -OCH3 is 1. The summed E-state index contributed by atoms with van der Waals surface area (Å²) in [7, 11) is 1.60. The molecule has 1 fully saturated rings. The lowest BCUT2D eigenvalue weighted by molar-refractivity contribution is -0.113. The molecule has 0 radical (unpaired) electrons. The first-order valence-corrected chi connectivity index (χ1v) is 10.2. The molecule has 148 valence electrons. The summed E-state index contributed by atoms with van der Waals surface area (Å²) in [6, 6.07) is 15.5. The van der Waals surface area contributed by atoms with Gasteiger partial charge >= 0.3 is 0 Å². The van der Waals surface area contributed by atoms with E-state index in [1.807, 2.05) is 55.5 Å². The van der Waals surface area contributed by atoms with Crippen LogP contribution in [-0.4, -0.2) is 55.1 Å². The second-order valence-corrected chi connectivity index (χ2v) is 7.31. The molecule has 1 aliphatic heterocycles. The zero-order valence-corrected chi connectivity index (χ0v) is 17.0. The van der Waals surface area contributed by atoms with Gasteiger partial charge in [-0.15, -0.1) is 0 Å². The van der Waals surface area contributed by atoms with Crippen LogP contribution in [-0.2, 0) is 9.53 Å². The third-order valence-electron chi connectivity index (χ3n) is 4.22. The summed E-state index contributed by atoms with van der Waals surface area (Å²) in [4.78, 5) is 19.5. The molecule has 7 heteroatoms. The Bertz CT molecular complexity index is 821. The number of nitrogens with zero attached hydrogens (tertiary/aromatic N) is 2. The van der Waals surface area contributed by atoms with Crippen molar-refractivity contribution < 1.29 is 14.3 Å². The van der Waals surface area contributed by atoms with E-state index in [4.69, 9.17) is 14.5 Å². The van der Waals surface area contributed by atoms with Crippen LogP contribution in [0.4, 0.5) is 11.4 Å². The standard InChI is InChI=1S/C21H25N3O3S/c1-16-8-9-19(26-2)18(14-16)23-20(25)15-28-21(24-10-12-27-13-11-24)22-17-6-4-3-5-7-17/h3-9,14H,10-13,15H2,1-2H3,(H,23,25). The number of carbonyl (C=O) groups is 1. The van der Waals surface area contributed by atoms with Crippen LogP contribution in [0.25, 0.3) is 0 Å². The predicted octanol–water partition coefficient (Wildman–Crippen LogP) is 3.70. The van der Waals surface area contributed by atoms with Crippen molar-refractivity contribution >= 4 is 34.2 Å². The van der Waals surface area contributed by atoms with Gasteiger partial charge in [0.25, 0.3) is 0 Å². The molecule has 0 spiro atoms. The van der Waals surface area contributed by atoms with Crippen LogP contribution in [0, 0.1) is 6.92 Å². The molecule has 2 aromatic carbocycles. The number of ether oxygens (including phenoxy) is 2. The molecule has 0 aromatic heterocycles. The maximum atomic E-state index is 12.5. The summed E-state index contributed by atoms with van der Waals surface area (Å²) >= 11 is 1.44. The van der Waals surface area contributed by atoms with Gasteiger partial charge in [0.15, 0.2) is 5.17 Å². The van der Waals surface area contributed by atoms with Crippen LogP contribution in [0.3, 0.4) is 0 Å². The Hall–Kier alpha value is -2.51. The van der Waals surface area contributed by atoms with Gasteiger partial charge in [0.2, 0.25) is 5.91 Å². The Labute approximate surface area is 169 Å². The molecule has 3 rings (SSSR count). The zero-order chi connectivity index (χ0) is 19.8. The molecular formula is C21H25N3O3S. The Morgan fingerprint density at radius 2 is 1.96 bits per heavy atom. The second kappa shape index (κ2) is 10.1. The maximum absolute atomic E-state index is 12.5. The van der Waals surface area contributed by atoms with Crippen molar-refractivity contribution in [1.82, 2.24) is 4.90 Å². The number of amides is 1. The van der Waals surface area contributed by atoms with Crippen LogP contribution >= 0.6 is 11.8 Å². The minimum absolute atomic E-state index is 0.0945. The molecule has 0 saturated carbocycles. The number of aryl methyl sites for hydroxylation is 1. The first kappa shape index (κ1) is 20.2. The topological polar surface area (TPSA) is 63.2 Å². The number of rotatable bonds is 5. The summed E-state index contributed by atoms with van der Waals surface area (Å²) < 4.78 is 10.8. The Kier molecular flexibility index (Phi) is 7.33. The van der Waals surface area contributed by atoms with Gasteiger partial charge in [-0.25, -0.2) is 4.99 Å². The number of amidine groups is 1. The van der Waals surface area contributed by atoms with E-state index in [2.05, 4.69) is 10.2 Å². The molecule has 1 N–H and O–H groups in total. The highest BCUT2D eigenvalue weighted by molar-refractivity contribution is 8.14. The maximum Gasteiger partial charge on any atom is 0.234 e. The number of benzene rings is 2. The highest BCUT2D eigenvalue weighted by atomic mass is 32.2. The summed E-state index contributed by atoms with van der Waals surface area (Å²) in [5.41, 5.74) is 2.61. The molecule has 1 amide bonds. The van der Waals surface area contributed by atoms with Crippen LogP contribution in [0.1, 0.15) is 5.56 Å². The number of aliphatic imine (C=N–C) groups is 1. The number of hydrogen-bond donors (Lipinski definition) is 1. The monoisotopic (exact) mass is 399 g/mol. The highest BCUT2D eigenvalue weighted by Crippen LogP contribution is 2.26. The zero-order valence-electron chi connectivity index (χ0n) is 16.2. The van der Waals surface area contributed by atoms with Crippen molar-refractivity contribution in [2.45, 2.75) is 6.92 Å². The largest absolute Gasteiger partial charge is 0.495 e. The molecular weight excluding hydrogens is 374 g/mol. The average molecular weight is 400 g/mol. The first-order valence-electron chi connectivity index (χ1n) is 9.19. The molecule has 0 atom stereocenters.